The first-order valence-electron chi connectivity index (χ1n) is 10.5. The van der Waals surface area contributed by atoms with Gasteiger partial charge in [-0.15, -0.1) is 24.0 Å². The molecule has 8 heteroatoms. The van der Waals surface area contributed by atoms with E-state index in [-0.39, 0.29) is 30.1 Å². The predicted octanol–water partition coefficient (Wildman–Crippen LogP) is 2.57. The van der Waals surface area contributed by atoms with Crippen molar-refractivity contribution >= 4 is 35.8 Å². The Balaban J connectivity index is 0.00000420. The standard InChI is InChI=1S/C21H38N6O.HI/c1-6-28-19(17(2)3)8-10-24-21(22-4)25-16-18-7-9-23-20(15-18)27-13-11-26(5)12-14-27;/h7,9,15,17,19H,6,8,10-14,16H2,1-5H3,(H2,22,24,25);1H. The quantitative estimate of drug-likeness (QED) is 0.298. The number of aliphatic imine (C=N–C) groups is 1. The lowest BCUT2D eigenvalue weighted by Gasteiger charge is -2.33. The number of aromatic nitrogens is 1. The average Bonchev–Trinajstić information content (AvgIpc) is 2.70. The molecule has 1 aromatic heterocycles. The summed E-state index contributed by atoms with van der Waals surface area (Å²) >= 11 is 0. The molecule has 7 nitrogen and oxygen atoms in total. The Bertz CT molecular complexity index is 605. The summed E-state index contributed by atoms with van der Waals surface area (Å²) in [5.41, 5.74) is 1.21. The number of guanidine groups is 1. The van der Waals surface area contributed by atoms with Crippen LogP contribution >= 0.6 is 24.0 Å². The molecule has 1 saturated heterocycles. The summed E-state index contributed by atoms with van der Waals surface area (Å²) in [7, 11) is 3.97. The fraction of sp³-hybridized carbons (Fsp3) is 0.714. The number of piperazine rings is 1. The number of ether oxygens (including phenoxy) is 1. The van der Waals surface area contributed by atoms with Gasteiger partial charge >= 0.3 is 0 Å². The largest absolute Gasteiger partial charge is 0.378 e. The van der Waals surface area contributed by atoms with Crippen LogP contribution in [0.1, 0.15) is 32.8 Å². The number of rotatable bonds is 9. The van der Waals surface area contributed by atoms with E-state index in [4.69, 9.17) is 4.74 Å². The summed E-state index contributed by atoms with van der Waals surface area (Å²) in [6.07, 6.45) is 3.15. The molecule has 0 saturated carbocycles. The predicted molar refractivity (Wildman–Crippen MR) is 132 cm³/mol. The summed E-state index contributed by atoms with van der Waals surface area (Å²) in [5.74, 6) is 2.39. The lowest BCUT2D eigenvalue weighted by Crippen LogP contribution is -2.44. The number of pyridine rings is 1. The minimum absolute atomic E-state index is 0. The van der Waals surface area contributed by atoms with E-state index in [1.165, 1.54) is 5.56 Å². The summed E-state index contributed by atoms with van der Waals surface area (Å²) in [6, 6.07) is 4.24. The first kappa shape index (κ1) is 25.9. The van der Waals surface area contributed by atoms with E-state index in [1.54, 1.807) is 7.05 Å². The van der Waals surface area contributed by atoms with Gasteiger partial charge in [0.05, 0.1) is 6.10 Å². The van der Waals surface area contributed by atoms with Crippen LogP contribution in [0.25, 0.3) is 0 Å². The smallest absolute Gasteiger partial charge is 0.191 e. The second kappa shape index (κ2) is 14.0. The zero-order valence-electron chi connectivity index (χ0n) is 18.6. The maximum atomic E-state index is 5.81. The van der Waals surface area contributed by atoms with E-state index in [2.05, 4.69) is 70.4 Å². The van der Waals surface area contributed by atoms with Crippen molar-refractivity contribution < 1.29 is 4.74 Å². The number of nitrogens with one attached hydrogen (secondary N) is 2. The van der Waals surface area contributed by atoms with Crippen molar-refractivity contribution in [2.45, 2.75) is 39.8 Å². The Morgan fingerprint density at radius 3 is 2.59 bits per heavy atom. The monoisotopic (exact) mass is 518 g/mol. The normalized spacial score (nSPS) is 16.5. The van der Waals surface area contributed by atoms with Gasteiger partial charge in [-0.2, -0.15) is 0 Å². The van der Waals surface area contributed by atoms with Crippen LogP contribution < -0.4 is 15.5 Å². The van der Waals surface area contributed by atoms with Gasteiger partial charge in [0.25, 0.3) is 0 Å². The highest BCUT2D eigenvalue weighted by Gasteiger charge is 2.16. The van der Waals surface area contributed by atoms with Gasteiger partial charge in [0.2, 0.25) is 0 Å². The molecule has 1 fully saturated rings. The van der Waals surface area contributed by atoms with Crippen LogP contribution in [0.2, 0.25) is 0 Å². The van der Waals surface area contributed by atoms with Gasteiger partial charge in [0.1, 0.15) is 5.82 Å². The molecule has 1 aromatic rings. The first-order chi connectivity index (χ1) is 13.5. The Morgan fingerprint density at radius 2 is 1.97 bits per heavy atom. The molecule has 2 heterocycles. The molecule has 0 bridgehead atoms. The van der Waals surface area contributed by atoms with E-state index in [0.717, 1.165) is 64.1 Å². The topological polar surface area (TPSA) is 65.0 Å². The number of nitrogens with zero attached hydrogens (tertiary/aromatic N) is 4. The molecule has 1 aliphatic rings. The first-order valence-corrected chi connectivity index (χ1v) is 10.5. The molecular formula is C21H39IN6O. The third kappa shape index (κ3) is 9.04. The van der Waals surface area contributed by atoms with Crippen LogP contribution in [-0.2, 0) is 11.3 Å². The SMILES string of the molecule is CCOC(CCNC(=NC)NCc1ccnc(N2CCN(C)CC2)c1)C(C)C.I. The zero-order valence-corrected chi connectivity index (χ0v) is 21.0. The highest BCUT2D eigenvalue weighted by molar-refractivity contribution is 14.0. The van der Waals surface area contributed by atoms with E-state index < -0.39 is 0 Å². The Hall–Kier alpha value is -1.13. The Labute approximate surface area is 193 Å². The molecule has 166 valence electrons. The van der Waals surface area contributed by atoms with E-state index in [1.807, 2.05) is 6.20 Å². The third-order valence-electron chi connectivity index (χ3n) is 5.17. The number of anilines is 1. The molecule has 0 radical (unpaired) electrons. The number of likely N-dealkylation sites (N-methyl/N-ethyl adjacent to an activating group) is 1. The molecule has 2 N–H and O–H groups in total. The van der Waals surface area contributed by atoms with Gasteiger partial charge in [-0.3, -0.25) is 4.99 Å². The van der Waals surface area contributed by atoms with E-state index >= 15 is 0 Å². The van der Waals surface area contributed by atoms with Crippen LogP contribution in [0.4, 0.5) is 5.82 Å². The van der Waals surface area contributed by atoms with Crippen LogP contribution in [0.3, 0.4) is 0 Å². The Morgan fingerprint density at radius 1 is 1.24 bits per heavy atom. The van der Waals surface area contributed by atoms with Crippen molar-refractivity contribution in [2.24, 2.45) is 10.9 Å². The van der Waals surface area contributed by atoms with Crippen LogP contribution in [0.15, 0.2) is 23.3 Å². The van der Waals surface area contributed by atoms with Crippen molar-refractivity contribution in [1.29, 1.82) is 0 Å². The number of hydrogen-bond donors (Lipinski definition) is 2. The molecule has 0 spiro atoms. The lowest BCUT2D eigenvalue weighted by atomic mass is 10.0. The molecule has 1 atom stereocenters. The third-order valence-corrected chi connectivity index (χ3v) is 5.17. The van der Waals surface area contributed by atoms with Crippen molar-refractivity contribution in [2.75, 3.05) is 58.3 Å². The minimum Gasteiger partial charge on any atom is -0.378 e. The molecule has 29 heavy (non-hydrogen) atoms. The summed E-state index contributed by atoms with van der Waals surface area (Å²) < 4.78 is 5.81. The number of hydrogen-bond acceptors (Lipinski definition) is 5. The molecule has 0 amide bonds. The minimum atomic E-state index is 0. The molecule has 0 aliphatic carbocycles. The molecule has 1 aliphatic heterocycles. The summed E-state index contributed by atoms with van der Waals surface area (Å²) in [6.45, 7) is 13.0. The average molecular weight is 518 g/mol. The van der Waals surface area contributed by atoms with Gasteiger partial charge in [-0.25, -0.2) is 4.98 Å². The zero-order chi connectivity index (χ0) is 20.4. The summed E-state index contributed by atoms with van der Waals surface area (Å²) in [4.78, 5) is 13.6. The van der Waals surface area contributed by atoms with Gasteiger partial charge in [0.15, 0.2) is 5.96 Å². The van der Waals surface area contributed by atoms with Crippen molar-refractivity contribution in [3.05, 3.63) is 23.9 Å². The second-order valence-corrected chi connectivity index (χ2v) is 7.69. The summed E-state index contributed by atoms with van der Waals surface area (Å²) in [5, 5.41) is 6.80. The highest BCUT2D eigenvalue weighted by atomic mass is 127. The van der Waals surface area contributed by atoms with E-state index in [0.29, 0.717) is 5.92 Å². The molecule has 2 rings (SSSR count). The lowest BCUT2D eigenvalue weighted by molar-refractivity contribution is 0.0258. The van der Waals surface area contributed by atoms with Crippen molar-refractivity contribution in [1.82, 2.24) is 20.5 Å². The fourth-order valence-corrected chi connectivity index (χ4v) is 3.34. The molecule has 0 aromatic carbocycles. The van der Waals surface area contributed by atoms with Crippen LogP contribution in [0, 0.1) is 5.92 Å². The highest BCUT2D eigenvalue weighted by Crippen LogP contribution is 2.14. The maximum Gasteiger partial charge on any atom is 0.191 e. The molecule has 1 unspecified atom stereocenters. The van der Waals surface area contributed by atoms with Crippen LogP contribution in [-0.4, -0.2) is 75.4 Å². The Kier molecular flexibility index (Phi) is 12.5. The van der Waals surface area contributed by atoms with Crippen LogP contribution in [0.5, 0.6) is 0 Å². The maximum absolute atomic E-state index is 5.81. The van der Waals surface area contributed by atoms with Crippen molar-refractivity contribution in [3.8, 4) is 0 Å². The van der Waals surface area contributed by atoms with Gasteiger partial charge in [-0.1, -0.05) is 13.8 Å². The van der Waals surface area contributed by atoms with Gasteiger partial charge < -0.3 is 25.2 Å². The van der Waals surface area contributed by atoms with Gasteiger partial charge in [0, 0.05) is 59.1 Å². The number of halogens is 1. The fourth-order valence-electron chi connectivity index (χ4n) is 3.34. The second-order valence-electron chi connectivity index (χ2n) is 7.69. The molecular weight excluding hydrogens is 479 g/mol. The van der Waals surface area contributed by atoms with E-state index in [9.17, 15) is 0 Å². The van der Waals surface area contributed by atoms with Gasteiger partial charge in [-0.05, 0) is 44.0 Å². The van der Waals surface area contributed by atoms with Crippen molar-refractivity contribution in [3.63, 3.8) is 0 Å².